The Bertz CT molecular complexity index is 1080. The van der Waals surface area contributed by atoms with E-state index in [4.69, 9.17) is 20.4 Å². The van der Waals surface area contributed by atoms with Crippen molar-refractivity contribution in [2.45, 2.75) is 25.8 Å². The van der Waals surface area contributed by atoms with Crippen LogP contribution in [0.4, 0.5) is 5.82 Å². The molecule has 8 nitrogen and oxygen atoms in total. The molecule has 1 atom stereocenters. The van der Waals surface area contributed by atoms with Gasteiger partial charge >= 0.3 is 0 Å². The van der Waals surface area contributed by atoms with Gasteiger partial charge < -0.3 is 20.7 Å². The zero-order valence-electron chi connectivity index (χ0n) is 17.1. The van der Waals surface area contributed by atoms with Gasteiger partial charge in [-0.05, 0) is 53.0 Å². The number of nitrogens with zero attached hydrogens (tertiary/aromatic N) is 4. The molecule has 3 heterocycles. The summed E-state index contributed by atoms with van der Waals surface area (Å²) in [7, 11) is 1.65. The van der Waals surface area contributed by atoms with Crippen molar-refractivity contribution in [1.29, 1.82) is 0 Å². The second kappa shape index (κ2) is 8.61. The summed E-state index contributed by atoms with van der Waals surface area (Å²) < 4.78 is 8.18. The fourth-order valence-corrected chi connectivity index (χ4v) is 4.28. The molecular formula is C21H25BrN6O2. The third-order valence-corrected chi connectivity index (χ3v) is 5.95. The molecule has 3 N–H and O–H groups in total. The molecule has 4 rings (SSSR count). The van der Waals surface area contributed by atoms with Gasteiger partial charge in [0.2, 0.25) is 11.7 Å². The predicted octanol–water partition coefficient (Wildman–Crippen LogP) is 2.52. The van der Waals surface area contributed by atoms with Crippen LogP contribution >= 0.6 is 15.9 Å². The van der Waals surface area contributed by atoms with Gasteiger partial charge in [0.1, 0.15) is 11.6 Å². The van der Waals surface area contributed by atoms with Gasteiger partial charge in [-0.2, -0.15) is 4.98 Å². The van der Waals surface area contributed by atoms with Crippen LogP contribution in [0.3, 0.4) is 0 Å². The first-order valence-corrected chi connectivity index (χ1v) is 10.7. The van der Waals surface area contributed by atoms with Crippen molar-refractivity contribution in [2.75, 3.05) is 31.6 Å². The number of ether oxygens (including phenoxy) is 1. The van der Waals surface area contributed by atoms with E-state index < -0.39 is 0 Å². The molecule has 1 unspecified atom stereocenters. The van der Waals surface area contributed by atoms with Crippen molar-refractivity contribution >= 4 is 33.4 Å². The van der Waals surface area contributed by atoms with Crippen LogP contribution < -0.4 is 20.7 Å². The van der Waals surface area contributed by atoms with Gasteiger partial charge in [0, 0.05) is 50.1 Å². The molecule has 0 saturated carbocycles. The largest absolute Gasteiger partial charge is 0.496 e. The Morgan fingerprint density at radius 1 is 1.40 bits per heavy atom. The number of imidazole rings is 1. The molecule has 1 fully saturated rings. The monoisotopic (exact) mass is 472 g/mol. The first kappa shape index (κ1) is 20.6. The quantitative estimate of drug-likeness (QED) is 0.571. The number of nitrogens with two attached hydrogens (primary N) is 1. The average Bonchev–Trinajstić information content (AvgIpc) is 3.35. The fourth-order valence-electron chi connectivity index (χ4n) is 3.77. The Morgan fingerprint density at radius 2 is 2.23 bits per heavy atom. The van der Waals surface area contributed by atoms with E-state index in [1.54, 1.807) is 7.11 Å². The third-order valence-electron chi connectivity index (χ3n) is 5.34. The summed E-state index contributed by atoms with van der Waals surface area (Å²) in [4.78, 5) is 23.5. The Labute approximate surface area is 183 Å². The van der Waals surface area contributed by atoms with Gasteiger partial charge in [-0.3, -0.25) is 9.20 Å². The van der Waals surface area contributed by atoms with Crippen molar-refractivity contribution in [3.63, 3.8) is 0 Å². The summed E-state index contributed by atoms with van der Waals surface area (Å²) in [5.74, 6) is 2.31. The molecule has 0 radical (unpaired) electrons. The Balaban J connectivity index is 1.55. The number of nitrogens with one attached hydrogen (secondary N) is 1. The highest BCUT2D eigenvalue weighted by molar-refractivity contribution is 9.10. The third kappa shape index (κ3) is 4.13. The Morgan fingerprint density at radius 3 is 3.00 bits per heavy atom. The van der Waals surface area contributed by atoms with E-state index in [9.17, 15) is 4.79 Å². The number of fused-ring (bicyclic) bond motifs is 1. The van der Waals surface area contributed by atoms with Gasteiger partial charge in [0.15, 0.2) is 0 Å². The lowest BCUT2D eigenvalue weighted by atomic mass is 10.1. The maximum atomic E-state index is 11.8. The van der Waals surface area contributed by atoms with Crippen LogP contribution in [-0.4, -0.2) is 53.1 Å². The summed E-state index contributed by atoms with van der Waals surface area (Å²) in [6, 6.07) is 6.12. The lowest BCUT2D eigenvalue weighted by Crippen LogP contribution is -2.38. The van der Waals surface area contributed by atoms with Crippen LogP contribution in [0.5, 0.6) is 5.75 Å². The van der Waals surface area contributed by atoms with E-state index in [1.807, 2.05) is 41.9 Å². The van der Waals surface area contributed by atoms with Crippen LogP contribution in [0.2, 0.25) is 0 Å². The lowest BCUT2D eigenvalue weighted by Gasteiger charge is -2.17. The van der Waals surface area contributed by atoms with Gasteiger partial charge in [-0.15, -0.1) is 0 Å². The molecule has 158 valence electrons. The summed E-state index contributed by atoms with van der Waals surface area (Å²) in [6.07, 6.45) is 5.20. The Kier molecular flexibility index (Phi) is 5.92. The van der Waals surface area contributed by atoms with Crippen molar-refractivity contribution in [1.82, 2.24) is 19.7 Å². The number of methoxy groups -OCH3 is 1. The molecule has 1 aliphatic heterocycles. The molecule has 9 heteroatoms. The highest BCUT2D eigenvalue weighted by Crippen LogP contribution is 2.33. The number of rotatable bonds is 6. The van der Waals surface area contributed by atoms with Gasteiger partial charge in [-0.1, -0.05) is 0 Å². The fraction of sp³-hybridized carbons (Fsp3) is 0.381. The van der Waals surface area contributed by atoms with Gasteiger partial charge in [0.05, 0.1) is 17.3 Å². The van der Waals surface area contributed by atoms with Crippen molar-refractivity contribution in [3.8, 4) is 17.0 Å². The summed E-state index contributed by atoms with van der Waals surface area (Å²) in [5.41, 5.74) is 8.41. The van der Waals surface area contributed by atoms with Crippen LogP contribution in [0, 0.1) is 6.92 Å². The first-order chi connectivity index (χ1) is 14.5. The number of aromatic nitrogens is 3. The van der Waals surface area contributed by atoms with E-state index in [2.05, 4.69) is 26.1 Å². The van der Waals surface area contributed by atoms with E-state index in [0.29, 0.717) is 18.7 Å². The van der Waals surface area contributed by atoms with Crippen molar-refractivity contribution in [2.24, 2.45) is 5.73 Å². The van der Waals surface area contributed by atoms with E-state index in [0.717, 1.165) is 52.4 Å². The molecular weight excluding hydrogens is 448 g/mol. The number of aryl methyl sites for hydroxylation is 1. The minimum Gasteiger partial charge on any atom is -0.496 e. The zero-order valence-corrected chi connectivity index (χ0v) is 18.6. The average molecular weight is 473 g/mol. The highest BCUT2D eigenvalue weighted by atomic mass is 79.9. The topological polar surface area (TPSA) is 97.8 Å². The molecule has 30 heavy (non-hydrogen) atoms. The predicted molar refractivity (Wildman–Crippen MR) is 120 cm³/mol. The normalized spacial score (nSPS) is 16.3. The molecule has 1 saturated heterocycles. The minimum absolute atomic E-state index is 0.00619. The smallest absolute Gasteiger partial charge is 0.236 e. The van der Waals surface area contributed by atoms with Gasteiger partial charge in [-0.25, -0.2) is 4.98 Å². The lowest BCUT2D eigenvalue weighted by molar-refractivity contribution is -0.121. The molecule has 3 aromatic rings. The molecule has 0 bridgehead atoms. The van der Waals surface area contributed by atoms with Crippen molar-refractivity contribution in [3.05, 3.63) is 40.6 Å². The van der Waals surface area contributed by atoms with Crippen LogP contribution in [-0.2, 0) is 4.79 Å². The summed E-state index contributed by atoms with van der Waals surface area (Å²) in [5, 5.41) is 3.04. The van der Waals surface area contributed by atoms with Crippen LogP contribution in [0.1, 0.15) is 18.4 Å². The van der Waals surface area contributed by atoms with E-state index >= 15 is 0 Å². The number of amides is 1. The molecule has 1 amide bonds. The molecule has 1 aromatic carbocycles. The number of hydrogen-bond donors (Lipinski definition) is 2. The number of anilines is 1. The van der Waals surface area contributed by atoms with Crippen LogP contribution in [0.15, 0.2) is 35.1 Å². The Hall–Kier alpha value is -2.65. The highest BCUT2D eigenvalue weighted by Gasteiger charge is 2.25. The summed E-state index contributed by atoms with van der Waals surface area (Å²) >= 11 is 3.55. The summed E-state index contributed by atoms with van der Waals surface area (Å²) in [6.45, 7) is 3.98. The molecule has 0 aliphatic carbocycles. The second-order valence-electron chi connectivity index (χ2n) is 7.46. The number of carbonyl (C=O) groups excluding carboxylic acids is 1. The molecule has 0 spiro atoms. The second-order valence-corrected chi connectivity index (χ2v) is 8.31. The molecule has 2 aromatic heterocycles. The SMILES string of the molecule is COc1cc(C)c(-c2cn3ccc(N4CCC(NC(=O)CCN)C4)nc3n2)cc1Br. The number of carbonyl (C=O) groups is 1. The number of hydrogen-bond acceptors (Lipinski definition) is 6. The maximum absolute atomic E-state index is 11.8. The molecule has 1 aliphatic rings. The van der Waals surface area contributed by atoms with Gasteiger partial charge in [0.25, 0.3) is 0 Å². The van der Waals surface area contributed by atoms with Crippen LogP contribution in [0.25, 0.3) is 17.0 Å². The minimum atomic E-state index is 0.00619. The number of halogens is 1. The first-order valence-electron chi connectivity index (χ1n) is 9.93. The van der Waals surface area contributed by atoms with E-state index in [1.165, 1.54) is 0 Å². The van der Waals surface area contributed by atoms with E-state index in [-0.39, 0.29) is 11.9 Å². The maximum Gasteiger partial charge on any atom is 0.236 e. The standard InChI is InChI=1S/C21H25BrN6O2/c1-13-9-18(30-2)16(22)10-15(13)17-12-28-8-5-19(26-21(28)25-17)27-7-4-14(11-27)24-20(29)3-6-23/h5,8-10,12,14H,3-4,6-7,11,23H2,1-2H3,(H,24,29). The van der Waals surface area contributed by atoms with Crippen molar-refractivity contribution < 1.29 is 9.53 Å². The zero-order chi connectivity index (χ0) is 21.3. The number of benzene rings is 1.